The van der Waals surface area contributed by atoms with Gasteiger partial charge in [-0.2, -0.15) is 0 Å². The zero-order chi connectivity index (χ0) is 23.3. The van der Waals surface area contributed by atoms with Crippen LogP contribution in [0, 0.1) is 5.92 Å². The van der Waals surface area contributed by atoms with Crippen molar-refractivity contribution in [2.75, 3.05) is 61.5 Å². The lowest BCUT2D eigenvalue weighted by Gasteiger charge is -2.37. The number of nitrogens with zero attached hydrogens (tertiary/aromatic N) is 5. The third-order valence-corrected chi connectivity index (χ3v) is 7.24. The number of aromatic nitrogens is 2. The SMILES string of the molecule is COc1cccc(N2CCN(C(=O)CCC3CCCN(c4cc(NC5CC5)ncn4)C3)CC2)c1. The summed E-state index contributed by atoms with van der Waals surface area (Å²) >= 11 is 0. The first kappa shape index (κ1) is 22.7. The number of rotatable bonds is 8. The van der Waals surface area contributed by atoms with Gasteiger partial charge in [0.2, 0.25) is 5.91 Å². The van der Waals surface area contributed by atoms with Crippen molar-refractivity contribution in [3.8, 4) is 5.75 Å². The topological polar surface area (TPSA) is 73.8 Å². The monoisotopic (exact) mass is 464 g/mol. The molecule has 0 spiro atoms. The van der Waals surface area contributed by atoms with Crippen LogP contribution < -0.4 is 19.9 Å². The third kappa shape index (κ3) is 5.72. The number of hydrogen-bond acceptors (Lipinski definition) is 7. The van der Waals surface area contributed by atoms with Crippen molar-refractivity contribution in [2.45, 2.75) is 44.6 Å². The number of benzene rings is 1. The fraction of sp³-hybridized carbons (Fsp3) is 0.577. The quantitative estimate of drug-likeness (QED) is 0.642. The Morgan fingerprint density at radius 3 is 2.71 bits per heavy atom. The van der Waals surface area contributed by atoms with E-state index >= 15 is 0 Å². The lowest BCUT2D eigenvalue weighted by Crippen LogP contribution is -2.49. The van der Waals surface area contributed by atoms with Crippen LogP contribution in [0.1, 0.15) is 38.5 Å². The number of nitrogens with one attached hydrogen (secondary N) is 1. The molecule has 3 fully saturated rings. The van der Waals surface area contributed by atoms with Gasteiger partial charge in [-0.15, -0.1) is 0 Å². The van der Waals surface area contributed by atoms with Crippen LogP contribution in [0.15, 0.2) is 36.7 Å². The molecule has 1 saturated carbocycles. The van der Waals surface area contributed by atoms with E-state index in [9.17, 15) is 4.79 Å². The Kier molecular flexibility index (Phi) is 7.02. The molecule has 1 aromatic heterocycles. The minimum atomic E-state index is 0.292. The van der Waals surface area contributed by atoms with Gasteiger partial charge in [-0.1, -0.05) is 6.07 Å². The molecule has 3 aliphatic rings. The number of ether oxygens (including phenoxy) is 1. The van der Waals surface area contributed by atoms with Gasteiger partial charge in [0.05, 0.1) is 7.11 Å². The summed E-state index contributed by atoms with van der Waals surface area (Å²) in [4.78, 5) is 28.6. The van der Waals surface area contributed by atoms with Gasteiger partial charge in [0.25, 0.3) is 0 Å². The van der Waals surface area contributed by atoms with Crippen molar-refractivity contribution in [3.05, 3.63) is 36.7 Å². The lowest BCUT2D eigenvalue weighted by molar-refractivity contribution is -0.131. The highest BCUT2D eigenvalue weighted by Crippen LogP contribution is 2.28. The molecule has 5 rings (SSSR count). The van der Waals surface area contributed by atoms with Gasteiger partial charge >= 0.3 is 0 Å². The van der Waals surface area contributed by atoms with Crippen LogP contribution in [0.2, 0.25) is 0 Å². The van der Waals surface area contributed by atoms with E-state index < -0.39 is 0 Å². The fourth-order valence-corrected chi connectivity index (χ4v) is 5.05. The minimum Gasteiger partial charge on any atom is -0.497 e. The van der Waals surface area contributed by atoms with Crippen LogP contribution in [-0.2, 0) is 4.79 Å². The van der Waals surface area contributed by atoms with Gasteiger partial charge in [0.1, 0.15) is 23.7 Å². The van der Waals surface area contributed by atoms with E-state index in [1.54, 1.807) is 13.4 Å². The van der Waals surface area contributed by atoms with Crippen LogP contribution in [0.25, 0.3) is 0 Å². The molecule has 1 N–H and O–H groups in total. The van der Waals surface area contributed by atoms with Crippen molar-refractivity contribution in [2.24, 2.45) is 5.92 Å². The Balaban J connectivity index is 1.08. The first-order chi connectivity index (χ1) is 16.7. The molecule has 2 aromatic rings. The fourth-order valence-electron chi connectivity index (χ4n) is 5.05. The van der Waals surface area contributed by atoms with Gasteiger partial charge in [-0.3, -0.25) is 4.79 Å². The molecule has 1 unspecified atom stereocenters. The molecule has 3 heterocycles. The Morgan fingerprint density at radius 2 is 1.91 bits per heavy atom. The van der Waals surface area contributed by atoms with Crippen LogP contribution in [0.3, 0.4) is 0 Å². The molecule has 34 heavy (non-hydrogen) atoms. The maximum atomic E-state index is 12.9. The number of amides is 1. The summed E-state index contributed by atoms with van der Waals surface area (Å²) in [5.41, 5.74) is 1.16. The maximum Gasteiger partial charge on any atom is 0.222 e. The second-order valence-electron chi connectivity index (χ2n) is 9.74. The van der Waals surface area contributed by atoms with Crippen molar-refractivity contribution < 1.29 is 9.53 Å². The minimum absolute atomic E-state index is 0.292. The second kappa shape index (κ2) is 10.5. The molecular weight excluding hydrogens is 428 g/mol. The van der Waals surface area contributed by atoms with Gasteiger partial charge in [0.15, 0.2) is 0 Å². The van der Waals surface area contributed by atoms with Crippen LogP contribution in [0.5, 0.6) is 5.75 Å². The van der Waals surface area contributed by atoms with Gasteiger partial charge in [0, 0.05) is 69.6 Å². The average molecular weight is 465 g/mol. The summed E-state index contributed by atoms with van der Waals surface area (Å²) < 4.78 is 5.35. The van der Waals surface area contributed by atoms with Crippen molar-refractivity contribution in [1.82, 2.24) is 14.9 Å². The molecule has 2 aliphatic heterocycles. The molecular formula is C26H36N6O2. The van der Waals surface area contributed by atoms with Crippen LogP contribution in [0.4, 0.5) is 17.3 Å². The van der Waals surface area contributed by atoms with Crippen LogP contribution >= 0.6 is 0 Å². The predicted octanol–water partition coefficient (Wildman–Crippen LogP) is 3.40. The Morgan fingerprint density at radius 1 is 1.06 bits per heavy atom. The standard InChI is InChI=1S/C26H36N6O2/c1-34-23-6-2-5-22(16-23)30-12-14-31(15-13-30)26(33)10-7-20-4-3-11-32(18-20)25-17-24(27-19-28-25)29-21-8-9-21/h2,5-6,16-17,19-21H,3-4,7-15,18H2,1H3,(H,27,28,29). The second-order valence-corrected chi connectivity index (χ2v) is 9.74. The molecule has 1 amide bonds. The number of methoxy groups -OCH3 is 1. The third-order valence-electron chi connectivity index (χ3n) is 7.24. The summed E-state index contributed by atoms with van der Waals surface area (Å²) in [6.45, 7) is 5.28. The highest BCUT2D eigenvalue weighted by Gasteiger charge is 2.26. The normalized spacial score (nSPS) is 20.9. The van der Waals surface area contributed by atoms with Crippen molar-refractivity contribution >= 4 is 23.2 Å². The molecule has 8 nitrogen and oxygen atoms in total. The van der Waals surface area contributed by atoms with E-state index in [4.69, 9.17) is 4.74 Å². The largest absolute Gasteiger partial charge is 0.497 e. The molecule has 1 aliphatic carbocycles. The first-order valence-electron chi connectivity index (χ1n) is 12.7. The van der Waals surface area contributed by atoms with Gasteiger partial charge in [-0.05, 0) is 50.2 Å². The molecule has 0 bridgehead atoms. The number of hydrogen-bond donors (Lipinski definition) is 1. The summed E-state index contributed by atoms with van der Waals surface area (Å²) in [5, 5.41) is 3.46. The van der Waals surface area contributed by atoms with E-state index in [0.29, 0.717) is 24.3 Å². The molecule has 1 atom stereocenters. The number of carbonyl (C=O) groups is 1. The predicted molar refractivity (Wildman–Crippen MR) is 135 cm³/mol. The van der Waals surface area contributed by atoms with E-state index in [1.807, 2.05) is 17.0 Å². The molecule has 8 heteroatoms. The molecule has 0 radical (unpaired) electrons. The van der Waals surface area contributed by atoms with E-state index in [1.165, 1.54) is 19.3 Å². The Bertz CT molecular complexity index is 973. The molecule has 182 valence electrons. The summed E-state index contributed by atoms with van der Waals surface area (Å²) in [7, 11) is 1.69. The van der Waals surface area contributed by atoms with Crippen LogP contribution in [-0.4, -0.2) is 73.2 Å². The lowest BCUT2D eigenvalue weighted by atomic mass is 9.93. The van der Waals surface area contributed by atoms with E-state index in [0.717, 1.165) is 75.2 Å². The Hall–Kier alpha value is -3.03. The highest BCUT2D eigenvalue weighted by atomic mass is 16.5. The number of carbonyl (C=O) groups excluding carboxylic acids is 1. The first-order valence-corrected chi connectivity index (χ1v) is 12.7. The number of anilines is 3. The smallest absolute Gasteiger partial charge is 0.222 e. The number of piperidine rings is 1. The van der Waals surface area contributed by atoms with Gasteiger partial charge < -0.3 is 24.8 Å². The number of piperazine rings is 1. The molecule has 1 aromatic carbocycles. The maximum absolute atomic E-state index is 12.9. The summed E-state index contributed by atoms with van der Waals surface area (Å²) in [6, 6.07) is 10.8. The zero-order valence-electron chi connectivity index (χ0n) is 20.2. The van der Waals surface area contributed by atoms with Gasteiger partial charge in [-0.25, -0.2) is 9.97 Å². The Labute approximate surface area is 202 Å². The average Bonchev–Trinajstić information content (AvgIpc) is 3.72. The van der Waals surface area contributed by atoms with Crippen molar-refractivity contribution in [1.29, 1.82) is 0 Å². The zero-order valence-corrected chi connectivity index (χ0v) is 20.2. The summed E-state index contributed by atoms with van der Waals surface area (Å²) in [6.07, 6.45) is 8.04. The van der Waals surface area contributed by atoms with E-state index in [2.05, 4.69) is 43.3 Å². The summed E-state index contributed by atoms with van der Waals surface area (Å²) in [5.74, 6) is 3.63. The molecule has 2 saturated heterocycles. The van der Waals surface area contributed by atoms with Crippen molar-refractivity contribution in [3.63, 3.8) is 0 Å². The van der Waals surface area contributed by atoms with E-state index in [-0.39, 0.29) is 0 Å². The highest BCUT2D eigenvalue weighted by molar-refractivity contribution is 5.76.